The van der Waals surface area contributed by atoms with Crippen LogP contribution in [-0.2, 0) is 16.0 Å². The van der Waals surface area contributed by atoms with Crippen molar-refractivity contribution < 1.29 is 9.53 Å². The van der Waals surface area contributed by atoms with Gasteiger partial charge < -0.3 is 9.64 Å². The van der Waals surface area contributed by atoms with Gasteiger partial charge in [-0.2, -0.15) is 12.6 Å². The highest BCUT2D eigenvalue weighted by molar-refractivity contribution is 7.81. The summed E-state index contributed by atoms with van der Waals surface area (Å²) in [7, 11) is 0. The summed E-state index contributed by atoms with van der Waals surface area (Å²) < 4.78 is 5.83. The Morgan fingerprint density at radius 1 is 1.45 bits per heavy atom. The predicted molar refractivity (Wildman–Crippen MR) is 84.1 cm³/mol. The molecule has 0 spiro atoms. The van der Waals surface area contributed by atoms with Crippen LogP contribution in [0, 0.1) is 0 Å². The van der Waals surface area contributed by atoms with E-state index in [0.717, 1.165) is 5.56 Å². The molecule has 1 saturated heterocycles. The lowest BCUT2D eigenvalue weighted by Gasteiger charge is -2.42. The van der Waals surface area contributed by atoms with Gasteiger partial charge in [-0.25, -0.2) is 0 Å². The molecule has 1 aromatic rings. The van der Waals surface area contributed by atoms with Crippen molar-refractivity contribution >= 4 is 18.5 Å². The quantitative estimate of drug-likeness (QED) is 0.868. The summed E-state index contributed by atoms with van der Waals surface area (Å²) in [5.74, 6) is 0.0976. The Hall–Kier alpha value is -1.00. The lowest BCUT2D eigenvalue weighted by Crippen LogP contribution is -2.55. The molecule has 2 atom stereocenters. The SMILES string of the molecule is CC1CN(C(=O)C(S)Cc2ccccc2)CC(C)(C)O1. The van der Waals surface area contributed by atoms with Gasteiger partial charge >= 0.3 is 0 Å². The Kier molecular flexibility index (Phi) is 4.76. The maximum absolute atomic E-state index is 12.5. The first kappa shape index (κ1) is 15.4. The number of benzene rings is 1. The topological polar surface area (TPSA) is 29.5 Å². The second-order valence-electron chi connectivity index (χ2n) is 6.11. The molecule has 3 nitrogen and oxygen atoms in total. The number of nitrogens with zero attached hydrogens (tertiary/aromatic N) is 1. The van der Waals surface area contributed by atoms with E-state index < -0.39 is 0 Å². The average molecular weight is 293 g/mol. The zero-order valence-corrected chi connectivity index (χ0v) is 13.3. The van der Waals surface area contributed by atoms with Crippen LogP contribution in [0.3, 0.4) is 0 Å². The van der Waals surface area contributed by atoms with Gasteiger partial charge in [0, 0.05) is 13.1 Å². The normalized spacial score (nSPS) is 23.4. The molecule has 1 heterocycles. The van der Waals surface area contributed by atoms with Crippen LogP contribution in [0.2, 0.25) is 0 Å². The fourth-order valence-corrected chi connectivity index (χ4v) is 3.13. The standard InChI is InChI=1S/C16H23NO2S/c1-12-10-17(11-16(2,3)19-12)15(18)14(20)9-13-7-5-4-6-8-13/h4-8,12,14,20H,9-11H2,1-3H3. The summed E-state index contributed by atoms with van der Waals surface area (Å²) in [6.07, 6.45) is 0.731. The van der Waals surface area contributed by atoms with Crippen molar-refractivity contribution in [2.45, 2.75) is 44.1 Å². The first-order valence-corrected chi connectivity index (χ1v) is 7.57. The summed E-state index contributed by atoms with van der Waals surface area (Å²) in [5, 5.41) is -0.293. The predicted octanol–water partition coefficient (Wildman–Crippen LogP) is 2.55. The Morgan fingerprint density at radius 2 is 2.10 bits per heavy atom. The van der Waals surface area contributed by atoms with Crippen LogP contribution in [0.1, 0.15) is 26.3 Å². The number of hydrogen-bond acceptors (Lipinski definition) is 3. The Bertz CT molecular complexity index is 461. The molecule has 2 rings (SSSR count). The Morgan fingerprint density at radius 3 is 2.70 bits per heavy atom. The van der Waals surface area contributed by atoms with Crippen LogP contribution in [-0.4, -0.2) is 40.9 Å². The number of thiol groups is 1. The minimum absolute atomic E-state index is 0.0694. The molecule has 0 N–H and O–H groups in total. The average Bonchev–Trinajstić information content (AvgIpc) is 2.36. The summed E-state index contributed by atoms with van der Waals surface area (Å²) in [6, 6.07) is 10.0. The third kappa shape index (κ3) is 4.00. The fourth-order valence-electron chi connectivity index (χ4n) is 2.76. The molecule has 2 unspecified atom stereocenters. The van der Waals surface area contributed by atoms with Crippen molar-refractivity contribution in [3.05, 3.63) is 35.9 Å². The van der Waals surface area contributed by atoms with E-state index in [-0.39, 0.29) is 22.9 Å². The number of carbonyl (C=O) groups is 1. The molecule has 1 aromatic carbocycles. The van der Waals surface area contributed by atoms with Crippen molar-refractivity contribution in [2.24, 2.45) is 0 Å². The third-order valence-corrected chi connectivity index (χ3v) is 3.84. The number of ether oxygens (including phenoxy) is 1. The number of morpholine rings is 1. The largest absolute Gasteiger partial charge is 0.369 e. The van der Waals surface area contributed by atoms with E-state index in [1.165, 1.54) is 0 Å². The maximum Gasteiger partial charge on any atom is 0.235 e. The molecule has 0 bridgehead atoms. The van der Waals surface area contributed by atoms with E-state index in [1.54, 1.807) is 0 Å². The van der Waals surface area contributed by atoms with Crippen LogP contribution < -0.4 is 0 Å². The second-order valence-corrected chi connectivity index (χ2v) is 6.74. The zero-order chi connectivity index (χ0) is 14.8. The molecule has 4 heteroatoms. The van der Waals surface area contributed by atoms with E-state index >= 15 is 0 Å². The van der Waals surface area contributed by atoms with Gasteiger partial charge in [0.1, 0.15) is 0 Å². The van der Waals surface area contributed by atoms with Gasteiger partial charge in [-0.1, -0.05) is 30.3 Å². The third-order valence-electron chi connectivity index (χ3n) is 3.44. The van der Waals surface area contributed by atoms with Gasteiger partial charge in [-0.3, -0.25) is 4.79 Å². The van der Waals surface area contributed by atoms with Gasteiger partial charge in [0.15, 0.2) is 0 Å². The molecule has 0 radical (unpaired) electrons. The first-order valence-electron chi connectivity index (χ1n) is 7.06. The van der Waals surface area contributed by atoms with Crippen LogP contribution in [0.15, 0.2) is 30.3 Å². The lowest BCUT2D eigenvalue weighted by atomic mass is 10.0. The first-order chi connectivity index (χ1) is 9.37. The van der Waals surface area contributed by atoms with Crippen LogP contribution in [0.4, 0.5) is 0 Å². The van der Waals surface area contributed by atoms with Gasteiger partial charge in [-0.15, -0.1) is 0 Å². The minimum atomic E-state index is -0.293. The zero-order valence-electron chi connectivity index (χ0n) is 12.4. The molecule has 20 heavy (non-hydrogen) atoms. The van der Waals surface area contributed by atoms with E-state index in [4.69, 9.17) is 4.74 Å². The van der Waals surface area contributed by atoms with Crippen molar-refractivity contribution in [3.63, 3.8) is 0 Å². The van der Waals surface area contributed by atoms with E-state index in [2.05, 4.69) is 12.6 Å². The van der Waals surface area contributed by atoms with Crippen molar-refractivity contribution in [1.82, 2.24) is 4.90 Å². The molecular formula is C16H23NO2S. The summed E-state index contributed by atoms with van der Waals surface area (Å²) in [6.45, 7) is 7.32. The highest BCUT2D eigenvalue weighted by atomic mass is 32.1. The summed E-state index contributed by atoms with van der Waals surface area (Å²) >= 11 is 4.50. The molecule has 1 fully saturated rings. The molecule has 0 aromatic heterocycles. The highest BCUT2D eigenvalue weighted by Gasteiger charge is 2.35. The van der Waals surface area contributed by atoms with Crippen molar-refractivity contribution in [3.8, 4) is 0 Å². The number of carbonyl (C=O) groups excluding carboxylic acids is 1. The van der Waals surface area contributed by atoms with Crippen LogP contribution >= 0.6 is 12.6 Å². The van der Waals surface area contributed by atoms with Crippen molar-refractivity contribution in [1.29, 1.82) is 0 Å². The molecule has 1 amide bonds. The second kappa shape index (κ2) is 6.19. The van der Waals surface area contributed by atoms with Gasteiger partial charge in [0.25, 0.3) is 0 Å². The maximum atomic E-state index is 12.5. The van der Waals surface area contributed by atoms with Crippen LogP contribution in [0.25, 0.3) is 0 Å². The molecule has 110 valence electrons. The van der Waals surface area contributed by atoms with Gasteiger partial charge in [0.2, 0.25) is 5.91 Å². The van der Waals surface area contributed by atoms with Crippen molar-refractivity contribution in [2.75, 3.05) is 13.1 Å². The highest BCUT2D eigenvalue weighted by Crippen LogP contribution is 2.22. The summed E-state index contributed by atoms with van der Waals surface area (Å²) in [5.41, 5.74) is 0.856. The smallest absolute Gasteiger partial charge is 0.235 e. The van der Waals surface area contributed by atoms with E-state index in [0.29, 0.717) is 19.5 Å². The van der Waals surface area contributed by atoms with Crippen LogP contribution in [0.5, 0.6) is 0 Å². The molecule has 1 aliphatic rings. The lowest BCUT2D eigenvalue weighted by molar-refractivity contribution is -0.157. The Labute approximate surface area is 126 Å². The number of rotatable bonds is 3. The molecular weight excluding hydrogens is 270 g/mol. The van der Waals surface area contributed by atoms with E-state index in [1.807, 2.05) is 56.0 Å². The molecule has 0 aliphatic carbocycles. The molecule has 1 aliphatic heterocycles. The minimum Gasteiger partial charge on any atom is -0.369 e. The van der Waals surface area contributed by atoms with Gasteiger partial charge in [-0.05, 0) is 32.8 Å². The van der Waals surface area contributed by atoms with E-state index in [9.17, 15) is 4.79 Å². The molecule has 0 saturated carbocycles. The fraction of sp³-hybridized carbons (Fsp3) is 0.562. The van der Waals surface area contributed by atoms with Gasteiger partial charge in [0.05, 0.1) is 17.0 Å². The Balaban J connectivity index is 1.99. The number of amides is 1. The summed E-state index contributed by atoms with van der Waals surface area (Å²) in [4.78, 5) is 14.4. The number of hydrogen-bond donors (Lipinski definition) is 1. The monoisotopic (exact) mass is 293 g/mol.